The lowest BCUT2D eigenvalue weighted by molar-refractivity contribution is 0.0930. The summed E-state index contributed by atoms with van der Waals surface area (Å²) in [7, 11) is 0. The highest BCUT2D eigenvalue weighted by Crippen LogP contribution is 2.19. The van der Waals surface area contributed by atoms with Crippen LogP contribution in [0.1, 0.15) is 23.2 Å². The fourth-order valence-electron chi connectivity index (χ4n) is 2.69. The molecule has 0 spiro atoms. The Morgan fingerprint density at radius 1 is 1.00 bits per heavy atom. The Bertz CT molecular complexity index is 586. The van der Waals surface area contributed by atoms with Gasteiger partial charge in [0, 0.05) is 18.2 Å². The zero-order valence-corrected chi connectivity index (χ0v) is 12.0. The predicted octanol–water partition coefficient (Wildman–Crippen LogP) is 2.84. The first-order valence-electron chi connectivity index (χ1n) is 7.50. The van der Waals surface area contributed by atoms with Crippen molar-refractivity contribution in [2.24, 2.45) is 0 Å². The number of hydrogen-bond donors (Lipinski definition) is 2. The van der Waals surface area contributed by atoms with E-state index >= 15 is 0 Å². The molecule has 21 heavy (non-hydrogen) atoms. The van der Waals surface area contributed by atoms with Crippen molar-refractivity contribution in [3.05, 3.63) is 60.2 Å². The smallest absolute Gasteiger partial charge is 0.251 e. The predicted molar refractivity (Wildman–Crippen MR) is 85.2 cm³/mol. The van der Waals surface area contributed by atoms with Crippen LogP contribution in [0.15, 0.2) is 54.6 Å². The van der Waals surface area contributed by atoms with Gasteiger partial charge in [0.25, 0.3) is 5.91 Å². The van der Waals surface area contributed by atoms with Gasteiger partial charge in [-0.1, -0.05) is 42.5 Å². The van der Waals surface area contributed by atoms with Crippen LogP contribution < -0.4 is 10.6 Å². The van der Waals surface area contributed by atoms with Gasteiger partial charge in [-0.15, -0.1) is 0 Å². The summed E-state index contributed by atoms with van der Waals surface area (Å²) in [6.07, 6.45) is 2.18. The van der Waals surface area contributed by atoms with Crippen molar-refractivity contribution < 1.29 is 4.79 Å². The quantitative estimate of drug-likeness (QED) is 0.907. The molecule has 2 aromatic carbocycles. The summed E-state index contributed by atoms with van der Waals surface area (Å²) in [5, 5.41) is 6.40. The summed E-state index contributed by atoms with van der Waals surface area (Å²) >= 11 is 0. The van der Waals surface area contributed by atoms with Crippen molar-refractivity contribution in [1.82, 2.24) is 10.6 Å². The maximum atomic E-state index is 12.2. The Hall–Kier alpha value is -2.13. The Balaban J connectivity index is 1.67. The standard InChI is InChI=1S/C18H20N2O/c21-18(20-17-7-4-12-19-13-17)16-10-8-15(9-11-16)14-5-2-1-3-6-14/h1-3,5-6,8-11,17,19H,4,7,12-13H2,(H,20,21)/t17-/m0/s1. The van der Waals surface area contributed by atoms with Crippen LogP contribution in [0.2, 0.25) is 0 Å². The van der Waals surface area contributed by atoms with E-state index in [1.807, 2.05) is 42.5 Å². The van der Waals surface area contributed by atoms with Crippen molar-refractivity contribution in [3.8, 4) is 11.1 Å². The normalized spacial score (nSPS) is 18.2. The van der Waals surface area contributed by atoms with Gasteiger partial charge in [-0.2, -0.15) is 0 Å². The highest BCUT2D eigenvalue weighted by molar-refractivity contribution is 5.94. The summed E-state index contributed by atoms with van der Waals surface area (Å²) in [5.41, 5.74) is 3.02. The van der Waals surface area contributed by atoms with Crippen molar-refractivity contribution in [3.63, 3.8) is 0 Å². The van der Waals surface area contributed by atoms with Gasteiger partial charge in [-0.05, 0) is 42.6 Å². The summed E-state index contributed by atoms with van der Waals surface area (Å²) in [6.45, 7) is 1.92. The van der Waals surface area contributed by atoms with Crippen LogP contribution in [0.5, 0.6) is 0 Å². The van der Waals surface area contributed by atoms with E-state index in [0.29, 0.717) is 0 Å². The van der Waals surface area contributed by atoms with Gasteiger partial charge in [0.2, 0.25) is 0 Å². The first kappa shape index (κ1) is 13.8. The van der Waals surface area contributed by atoms with Crippen molar-refractivity contribution >= 4 is 5.91 Å². The van der Waals surface area contributed by atoms with Crippen LogP contribution in [0, 0.1) is 0 Å². The van der Waals surface area contributed by atoms with Crippen LogP contribution in [0.25, 0.3) is 11.1 Å². The number of piperidine rings is 1. The molecule has 0 radical (unpaired) electrons. The first-order valence-corrected chi connectivity index (χ1v) is 7.50. The first-order chi connectivity index (χ1) is 10.3. The average Bonchev–Trinajstić information content (AvgIpc) is 2.57. The van der Waals surface area contributed by atoms with Gasteiger partial charge in [0.15, 0.2) is 0 Å². The van der Waals surface area contributed by atoms with Crippen LogP contribution in [-0.2, 0) is 0 Å². The second-order valence-electron chi connectivity index (χ2n) is 5.46. The largest absolute Gasteiger partial charge is 0.348 e. The molecule has 0 saturated carbocycles. The van der Waals surface area contributed by atoms with E-state index in [9.17, 15) is 4.79 Å². The maximum absolute atomic E-state index is 12.2. The molecule has 2 N–H and O–H groups in total. The van der Waals surface area contributed by atoms with Crippen molar-refractivity contribution in [1.29, 1.82) is 0 Å². The molecule has 108 valence electrons. The summed E-state index contributed by atoms with van der Waals surface area (Å²) in [4.78, 5) is 12.2. The van der Waals surface area contributed by atoms with Gasteiger partial charge < -0.3 is 10.6 Å². The lowest BCUT2D eigenvalue weighted by atomic mass is 10.0. The summed E-state index contributed by atoms with van der Waals surface area (Å²) in [5.74, 6) is 0.0170. The highest BCUT2D eigenvalue weighted by atomic mass is 16.1. The van der Waals surface area contributed by atoms with E-state index in [1.54, 1.807) is 0 Å². The van der Waals surface area contributed by atoms with Crippen LogP contribution >= 0.6 is 0 Å². The summed E-state index contributed by atoms with van der Waals surface area (Å²) in [6, 6.07) is 18.2. The van der Waals surface area contributed by atoms with Gasteiger partial charge >= 0.3 is 0 Å². The molecule has 1 aliphatic heterocycles. The van der Waals surface area contributed by atoms with Crippen molar-refractivity contribution in [2.75, 3.05) is 13.1 Å². The van der Waals surface area contributed by atoms with E-state index in [2.05, 4.69) is 22.8 Å². The molecule has 1 fully saturated rings. The van der Waals surface area contributed by atoms with Crippen LogP contribution in [-0.4, -0.2) is 25.0 Å². The number of carbonyl (C=O) groups is 1. The molecule has 1 aliphatic rings. The molecule has 0 bridgehead atoms. The zero-order chi connectivity index (χ0) is 14.5. The molecule has 3 nitrogen and oxygen atoms in total. The molecular weight excluding hydrogens is 260 g/mol. The second-order valence-corrected chi connectivity index (χ2v) is 5.46. The van der Waals surface area contributed by atoms with Gasteiger partial charge in [0.1, 0.15) is 0 Å². The summed E-state index contributed by atoms with van der Waals surface area (Å²) < 4.78 is 0. The maximum Gasteiger partial charge on any atom is 0.251 e. The van der Waals surface area contributed by atoms with E-state index in [-0.39, 0.29) is 11.9 Å². The number of benzene rings is 2. The Labute approximate surface area is 125 Å². The lowest BCUT2D eigenvalue weighted by Gasteiger charge is -2.23. The number of nitrogens with one attached hydrogen (secondary N) is 2. The van der Waals surface area contributed by atoms with Crippen molar-refractivity contribution in [2.45, 2.75) is 18.9 Å². The minimum Gasteiger partial charge on any atom is -0.348 e. The molecule has 2 aromatic rings. The monoisotopic (exact) mass is 280 g/mol. The number of hydrogen-bond acceptors (Lipinski definition) is 2. The van der Waals surface area contributed by atoms with Gasteiger partial charge in [-0.25, -0.2) is 0 Å². The van der Waals surface area contributed by atoms with E-state index in [1.165, 1.54) is 5.56 Å². The Kier molecular flexibility index (Phi) is 4.31. The fourth-order valence-corrected chi connectivity index (χ4v) is 2.69. The molecule has 1 saturated heterocycles. The van der Waals surface area contributed by atoms with E-state index in [0.717, 1.165) is 37.1 Å². The molecule has 3 heteroatoms. The van der Waals surface area contributed by atoms with E-state index in [4.69, 9.17) is 0 Å². The topological polar surface area (TPSA) is 41.1 Å². The molecular formula is C18H20N2O. The molecule has 1 amide bonds. The lowest BCUT2D eigenvalue weighted by Crippen LogP contribution is -2.45. The highest BCUT2D eigenvalue weighted by Gasteiger charge is 2.16. The molecule has 0 unspecified atom stereocenters. The zero-order valence-electron chi connectivity index (χ0n) is 12.0. The van der Waals surface area contributed by atoms with Crippen LogP contribution in [0.4, 0.5) is 0 Å². The molecule has 0 aliphatic carbocycles. The van der Waals surface area contributed by atoms with Gasteiger partial charge in [-0.3, -0.25) is 4.79 Å². The molecule has 0 aromatic heterocycles. The van der Waals surface area contributed by atoms with E-state index < -0.39 is 0 Å². The minimum absolute atomic E-state index is 0.0170. The average molecular weight is 280 g/mol. The Morgan fingerprint density at radius 3 is 2.38 bits per heavy atom. The Morgan fingerprint density at radius 2 is 1.71 bits per heavy atom. The molecule has 1 atom stereocenters. The van der Waals surface area contributed by atoms with Crippen LogP contribution in [0.3, 0.4) is 0 Å². The number of rotatable bonds is 3. The fraction of sp³-hybridized carbons (Fsp3) is 0.278. The number of carbonyl (C=O) groups excluding carboxylic acids is 1. The molecule has 3 rings (SSSR count). The third-order valence-corrected chi connectivity index (χ3v) is 3.89. The molecule has 1 heterocycles. The third kappa shape index (κ3) is 3.50. The number of amides is 1. The van der Waals surface area contributed by atoms with Gasteiger partial charge in [0.05, 0.1) is 0 Å². The minimum atomic E-state index is 0.0170. The second kappa shape index (κ2) is 6.55. The third-order valence-electron chi connectivity index (χ3n) is 3.89. The SMILES string of the molecule is O=C(N[C@H]1CCCNC1)c1ccc(-c2ccccc2)cc1.